The predicted octanol–water partition coefficient (Wildman–Crippen LogP) is 2.64. The summed E-state index contributed by atoms with van der Waals surface area (Å²) in [5.41, 5.74) is 1.23. The Morgan fingerprint density at radius 1 is 1.32 bits per heavy atom. The lowest BCUT2D eigenvalue weighted by atomic mass is 9.88. The van der Waals surface area contributed by atoms with Gasteiger partial charge in [-0.05, 0) is 65.0 Å². The lowest BCUT2D eigenvalue weighted by Crippen LogP contribution is -2.56. The van der Waals surface area contributed by atoms with Gasteiger partial charge in [-0.2, -0.15) is 0 Å². The van der Waals surface area contributed by atoms with E-state index in [9.17, 15) is 5.11 Å². The van der Waals surface area contributed by atoms with Crippen molar-refractivity contribution in [2.75, 3.05) is 20.6 Å². The molecule has 1 atom stereocenters. The number of hydrogen-bond donors (Lipinski definition) is 2. The van der Waals surface area contributed by atoms with E-state index >= 15 is 0 Å². The fraction of sp³-hybridized carbons (Fsp3) is 0.625. The molecule has 0 amide bonds. The molecule has 3 heteroatoms. The molecule has 108 valence electrons. The third-order valence-electron chi connectivity index (χ3n) is 4.00. The number of nitrogens with one attached hydrogen (secondary N) is 1. The largest absolute Gasteiger partial charge is 0.508 e. The van der Waals surface area contributed by atoms with Crippen LogP contribution in [0.4, 0.5) is 0 Å². The van der Waals surface area contributed by atoms with Crippen LogP contribution in [0.5, 0.6) is 5.75 Å². The monoisotopic (exact) mass is 264 g/mol. The minimum Gasteiger partial charge on any atom is -0.508 e. The summed E-state index contributed by atoms with van der Waals surface area (Å²) in [5, 5.41) is 13.2. The van der Waals surface area contributed by atoms with Crippen molar-refractivity contribution in [1.82, 2.24) is 10.2 Å². The molecular formula is C16H28N2O. The van der Waals surface area contributed by atoms with Crippen LogP contribution in [0.25, 0.3) is 0 Å². The molecular weight excluding hydrogens is 236 g/mol. The topological polar surface area (TPSA) is 35.5 Å². The highest BCUT2D eigenvalue weighted by Gasteiger charge is 2.31. The first kappa shape index (κ1) is 16.0. The molecule has 0 spiro atoms. The number of nitrogens with zero attached hydrogens (tertiary/aromatic N) is 1. The van der Waals surface area contributed by atoms with Gasteiger partial charge in [-0.25, -0.2) is 0 Å². The Balaban J connectivity index is 2.85. The van der Waals surface area contributed by atoms with E-state index in [-0.39, 0.29) is 5.54 Å². The van der Waals surface area contributed by atoms with Gasteiger partial charge in [0.05, 0.1) is 0 Å². The number of aromatic hydroxyl groups is 1. The molecule has 3 nitrogen and oxygen atoms in total. The lowest BCUT2D eigenvalue weighted by Gasteiger charge is -2.41. The molecule has 0 saturated carbocycles. The highest BCUT2D eigenvalue weighted by atomic mass is 16.3. The zero-order valence-electron chi connectivity index (χ0n) is 12.9. The van der Waals surface area contributed by atoms with Gasteiger partial charge in [0, 0.05) is 11.6 Å². The summed E-state index contributed by atoms with van der Waals surface area (Å²) in [4.78, 5) is 2.25. The maximum absolute atomic E-state index is 9.58. The second-order valence-electron chi connectivity index (χ2n) is 5.93. The van der Waals surface area contributed by atoms with E-state index in [4.69, 9.17) is 0 Å². The number of rotatable bonds is 7. The second-order valence-corrected chi connectivity index (χ2v) is 5.93. The molecule has 0 aromatic heterocycles. The first-order chi connectivity index (χ1) is 8.87. The molecule has 0 saturated heterocycles. The van der Waals surface area contributed by atoms with Crippen molar-refractivity contribution < 1.29 is 5.11 Å². The van der Waals surface area contributed by atoms with Gasteiger partial charge in [0.15, 0.2) is 0 Å². The van der Waals surface area contributed by atoms with Gasteiger partial charge in [0.25, 0.3) is 0 Å². The van der Waals surface area contributed by atoms with Crippen molar-refractivity contribution in [3.05, 3.63) is 29.8 Å². The molecule has 1 aromatic carbocycles. The van der Waals surface area contributed by atoms with Gasteiger partial charge >= 0.3 is 0 Å². The van der Waals surface area contributed by atoms with E-state index < -0.39 is 0 Å². The number of benzene rings is 1. The molecule has 2 N–H and O–H groups in total. The van der Waals surface area contributed by atoms with Crippen molar-refractivity contribution in [2.24, 2.45) is 0 Å². The molecule has 0 fully saturated rings. The fourth-order valence-corrected chi connectivity index (χ4v) is 2.12. The smallest absolute Gasteiger partial charge is 0.115 e. The van der Waals surface area contributed by atoms with Crippen molar-refractivity contribution >= 4 is 0 Å². The van der Waals surface area contributed by atoms with Crippen LogP contribution in [0, 0.1) is 0 Å². The van der Waals surface area contributed by atoms with Gasteiger partial charge < -0.3 is 15.3 Å². The first-order valence-corrected chi connectivity index (χ1v) is 7.06. The van der Waals surface area contributed by atoms with Crippen LogP contribution in [0.2, 0.25) is 0 Å². The van der Waals surface area contributed by atoms with E-state index in [0.717, 1.165) is 19.4 Å². The van der Waals surface area contributed by atoms with Gasteiger partial charge in [-0.1, -0.05) is 19.1 Å². The average molecular weight is 264 g/mol. The van der Waals surface area contributed by atoms with Crippen molar-refractivity contribution in [1.29, 1.82) is 0 Å². The Morgan fingerprint density at radius 3 is 2.53 bits per heavy atom. The highest BCUT2D eigenvalue weighted by Crippen LogP contribution is 2.21. The first-order valence-electron chi connectivity index (χ1n) is 7.06. The summed E-state index contributed by atoms with van der Waals surface area (Å²) in [6, 6.07) is 7.90. The Hall–Kier alpha value is -1.06. The molecule has 1 rings (SSSR count). The van der Waals surface area contributed by atoms with E-state index in [1.165, 1.54) is 5.56 Å². The minimum atomic E-state index is 0.0562. The molecule has 0 radical (unpaired) electrons. The van der Waals surface area contributed by atoms with Crippen molar-refractivity contribution in [3.8, 4) is 5.75 Å². The molecule has 0 aliphatic carbocycles. The number of phenols is 1. The van der Waals surface area contributed by atoms with Gasteiger partial charge in [-0.15, -0.1) is 0 Å². The highest BCUT2D eigenvalue weighted by molar-refractivity contribution is 5.28. The van der Waals surface area contributed by atoms with E-state index in [0.29, 0.717) is 11.8 Å². The van der Waals surface area contributed by atoms with Crippen LogP contribution in [0.3, 0.4) is 0 Å². The lowest BCUT2D eigenvalue weighted by molar-refractivity contribution is 0.137. The van der Waals surface area contributed by atoms with Crippen LogP contribution in [0.15, 0.2) is 24.3 Å². The standard InChI is InChI=1S/C16H28N2O/c1-6-10-17-15(16(2,3)18(4)5)12-13-8-7-9-14(19)11-13/h7-9,11,15,17,19H,6,10,12H2,1-5H3. The summed E-state index contributed by atoms with van der Waals surface area (Å²) in [7, 11) is 4.23. The van der Waals surface area contributed by atoms with Gasteiger partial charge in [-0.3, -0.25) is 0 Å². The number of likely N-dealkylation sites (N-methyl/N-ethyl adjacent to an activating group) is 1. The van der Waals surface area contributed by atoms with Gasteiger partial charge in [0.1, 0.15) is 5.75 Å². The van der Waals surface area contributed by atoms with Crippen molar-refractivity contribution in [3.63, 3.8) is 0 Å². The maximum Gasteiger partial charge on any atom is 0.115 e. The zero-order chi connectivity index (χ0) is 14.5. The summed E-state index contributed by atoms with van der Waals surface area (Å²) < 4.78 is 0. The van der Waals surface area contributed by atoms with Crippen LogP contribution in [-0.4, -0.2) is 42.2 Å². The molecule has 0 aliphatic heterocycles. The van der Waals surface area contributed by atoms with E-state index in [1.807, 2.05) is 12.1 Å². The average Bonchev–Trinajstić information content (AvgIpc) is 2.34. The van der Waals surface area contributed by atoms with Crippen LogP contribution in [-0.2, 0) is 6.42 Å². The third-order valence-corrected chi connectivity index (χ3v) is 4.00. The second kappa shape index (κ2) is 6.92. The van der Waals surface area contributed by atoms with E-state index in [2.05, 4.69) is 51.1 Å². The molecule has 0 bridgehead atoms. The fourth-order valence-electron chi connectivity index (χ4n) is 2.12. The third kappa shape index (κ3) is 4.51. The Kier molecular flexibility index (Phi) is 5.83. The molecule has 0 aliphatic rings. The SMILES string of the molecule is CCCNC(Cc1cccc(O)c1)C(C)(C)N(C)C. The Labute approximate surface area is 117 Å². The summed E-state index contributed by atoms with van der Waals surface area (Å²) in [6.07, 6.45) is 2.04. The normalized spacial score (nSPS) is 13.8. The maximum atomic E-state index is 9.58. The zero-order valence-corrected chi connectivity index (χ0v) is 12.9. The van der Waals surface area contributed by atoms with Crippen molar-refractivity contribution in [2.45, 2.75) is 45.2 Å². The molecule has 0 heterocycles. The Morgan fingerprint density at radius 2 is 2.00 bits per heavy atom. The molecule has 1 unspecified atom stereocenters. The Bertz CT molecular complexity index is 388. The number of hydrogen-bond acceptors (Lipinski definition) is 3. The predicted molar refractivity (Wildman–Crippen MR) is 81.7 cm³/mol. The van der Waals surface area contributed by atoms with Crippen LogP contribution in [0.1, 0.15) is 32.8 Å². The van der Waals surface area contributed by atoms with Gasteiger partial charge in [0.2, 0.25) is 0 Å². The quantitative estimate of drug-likeness (QED) is 0.795. The molecule has 1 aromatic rings. The molecule has 19 heavy (non-hydrogen) atoms. The summed E-state index contributed by atoms with van der Waals surface area (Å²) in [6.45, 7) is 7.70. The summed E-state index contributed by atoms with van der Waals surface area (Å²) in [5.74, 6) is 0.342. The summed E-state index contributed by atoms with van der Waals surface area (Å²) >= 11 is 0. The number of phenolic OH excluding ortho intramolecular Hbond substituents is 1. The van der Waals surface area contributed by atoms with Crippen LogP contribution >= 0.6 is 0 Å². The minimum absolute atomic E-state index is 0.0562. The van der Waals surface area contributed by atoms with Crippen LogP contribution < -0.4 is 5.32 Å². The van der Waals surface area contributed by atoms with E-state index in [1.54, 1.807) is 6.07 Å².